The monoisotopic (exact) mass is 336 g/mol. The van der Waals surface area contributed by atoms with Crippen molar-refractivity contribution in [2.45, 2.75) is 37.8 Å². The molecular formula is C13H20O10. The fourth-order valence-electron chi connectivity index (χ4n) is 1.54. The van der Waals surface area contributed by atoms with E-state index in [0.29, 0.717) is 0 Å². The van der Waals surface area contributed by atoms with Crippen LogP contribution in [-0.2, 0) is 23.8 Å². The molecule has 1 aliphatic rings. The lowest BCUT2D eigenvalue weighted by Gasteiger charge is -2.22. The van der Waals surface area contributed by atoms with Gasteiger partial charge in [0, 0.05) is 0 Å². The molecule has 5 N–H and O–H groups in total. The number of aliphatic hydroxyl groups is 5. The normalized spacial score (nSPS) is 21.0. The maximum Gasteiger partial charge on any atom is 0.378 e. The van der Waals surface area contributed by atoms with E-state index in [1.165, 1.54) is 13.8 Å². The van der Waals surface area contributed by atoms with Crippen LogP contribution in [0.4, 0.5) is 0 Å². The highest BCUT2D eigenvalue weighted by Gasteiger charge is 2.43. The molecule has 3 atom stereocenters. The third-order valence-electron chi connectivity index (χ3n) is 2.67. The summed E-state index contributed by atoms with van der Waals surface area (Å²) in [5.41, 5.74) is -1.31. The summed E-state index contributed by atoms with van der Waals surface area (Å²) in [6.07, 6.45) is -4.87. The van der Waals surface area contributed by atoms with Crippen LogP contribution < -0.4 is 0 Å². The van der Waals surface area contributed by atoms with Gasteiger partial charge in [-0.15, -0.1) is 0 Å². The van der Waals surface area contributed by atoms with Gasteiger partial charge in [0.05, 0.1) is 18.8 Å². The fraction of sp³-hybridized carbons (Fsp3) is 0.692. The van der Waals surface area contributed by atoms with Crippen molar-refractivity contribution in [3.8, 4) is 0 Å². The molecule has 1 rings (SSSR count). The second kappa shape index (κ2) is 7.70. The van der Waals surface area contributed by atoms with Gasteiger partial charge in [0.25, 0.3) is 5.76 Å². The van der Waals surface area contributed by atoms with Crippen molar-refractivity contribution in [3.05, 3.63) is 11.5 Å². The molecule has 1 aliphatic heterocycles. The predicted octanol–water partition coefficient (Wildman–Crippen LogP) is -2.84. The molecule has 0 saturated carbocycles. The zero-order valence-corrected chi connectivity index (χ0v) is 12.6. The molecule has 0 spiro atoms. The van der Waals surface area contributed by atoms with Crippen LogP contribution in [0.2, 0.25) is 0 Å². The Morgan fingerprint density at radius 1 is 1.30 bits per heavy atom. The molecule has 0 fully saturated rings. The highest BCUT2D eigenvalue weighted by Crippen LogP contribution is 2.28. The lowest BCUT2D eigenvalue weighted by atomic mass is 10.1. The van der Waals surface area contributed by atoms with E-state index in [9.17, 15) is 24.9 Å². The molecular weight excluding hydrogens is 316 g/mol. The molecule has 10 heteroatoms. The Morgan fingerprint density at radius 2 is 1.91 bits per heavy atom. The van der Waals surface area contributed by atoms with Gasteiger partial charge in [0.1, 0.15) is 12.7 Å². The van der Waals surface area contributed by atoms with Gasteiger partial charge in [-0.25, -0.2) is 9.59 Å². The molecule has 10 nitrogen and oxygen atoms in total. The van der Waals surface area contributed by atoms with Crippen molar-refractivity contribution in [3.63, 3.8) is 0 Å². The number of aliphatic hydroxyl groups excluding tert-OH is 4. The molecule has 0 aromatic carbocycles. The maximum absolute atomic E-state index is 11.7. The van der Waals surface area contributed by atoms with E-state index in [1.807, 2.05) is 0 Å². The number of esters is 2. The van der Waals surface area contributed by atoms with Gasteiger partial charge in [-0.3, -0.25) is 0 Å². The highest BCUT2D eigenvalue weighted by atomic mass is 16.6. The SMILES string of the molecule is CC(C)(O)COC1=C(OC(=O)C(O)CO)C(=O)O[C@@H]1[C@@H](O)CO. The van der Waals surface area contributed by atoms with Gasteiger partial charge in [-0.1, -0.05) is 0 Å². The first-order valence-corrected chi connectivity index (χ1v) is 6.70. The molecule has 1 unspecified atom stereocenters. The van der Waals surface area contributed by atoms with Gasteiger partial charge < -0.3 is 39.7 Å². The van der Waals surface area contributed by atoms with Crippen LogP contribution in [0.15, 0.2) is 11.5 Å². The summed E-state index contributed by atoms with van der Waals surface area (Å²) < 4.78 is 14.6. The van der Waals surface area contributed by atoms with Gasteiger partial charge in [-0.2, -0.15) is 0 Å². The molecule has 0 aromatic rings. The zero-order chi connectivity index (χ0) is 17.8. The minimum absolute atomic E-state index is 0.336. The van der Waals surface area contributed by atoms with Gasteiger partial charge >= 0.3 is 11.9 Å². The van der Waals surface area contributed by atoms with E-state index in [0.717, 1.165) is 0 Å². The van der Waals surface area contributed by atoms with Gasteiger partial charge in [0.15, 0.2) is 18.0 Å². The van der Waals surface area contributed by atoms with Crippen LogP contribution in [-0.4, -0.2) is 81.2 Å². The summed E-state index contributed by atoms with van der Waals surface area (Å²) >= 11 is 0. The Hall–Kier alpha value is -1.72. The number of cyclic esters (lactones) is 1. The van der Waals surface area contributed by atoms with Crippen molar-refractivity contribution in [1.82, 2.24) is 0 Å². The van der Waals surface area contributed by atoms with Crippen molar-refractivity contribution >= 4 is 11.9 Å². The molecule has 0 amide bonds. The third-order valence-corrected chi connectivity index (χ3v) is 2.67. The van der Waals surface area contributed by atoms with Crippen molar-refractivity contribution in [1.29, 1.82) is 0 Å². The Morgan fingerprint density at radius 3 is 2.39 bits per heavy atom. The first kappa shape index (κ1) is 19.3. The van der Waals surface area contributed by atoms with Crippen LogP contribution in [0.25, 0.3) is 0 Å². The first-order valence-electron chi connectivity index (χ1n) is 6.70. The van der Waals surface area contributed by atoms with Gasteiger partial charge in [0.2, 0.25) is 0 Å². The molecule has 132 valence electrons. The van der Waals surface area contributed by atoms with Crippen LogP contribution in [0.5, 0.6) is 0 Å². The Kier molecular flexibility index (Phi) is 6.47. The summed E-state index contributed by atoms with van der Waals surface area (Å²) in [5, 5.41) is 46.1. The number of hydrogen-bond donors (Lipinski definition) is 5. The van der Waals surface area contributed by atoms with Crippen LogP contribution in [0.1, 0.15) is 13.8 Å². The second-order valence-corrected chi connectivity index (χ2v) is 5.49. The minimum Gasteiger partial charge on any atom is -0.487 e. The standard InChI is InChI=1S/C13H20O10/c1-13(2,20)5-21-9-8(6(16)3-14)22-12(19)10(9)23-11(18)7(17)4-15/h6-8,14-17,20H,3-5H2,1-2H3/t6-,7?,8+/m0/s1. The average molecular weight is 336 g/mol. The summed E-state index contributed by atoms with van der Waals surface area (Å²) in [4.78, 5) is 23.2. The van der Waals surface area contributed by atoms with E-state index >= 15 is 0 Å². The predicted molar refractivity (Wildman–Crippen MR) is 71.4 cm³/mol. The molecule has 23 heavy (non-hydrogen) atoms. The largest absolute Gasteiger partial charge is 0.487 e. The maximum atomic E-state index is 11.7. The Balaban J connectivity index is 3.06. The quantitative estimate of drug-likeness (QED) is 0.292. The van der Waals surface area contributed by atoms with E-state index in [-0.39, 0.29) is 6.61 Å². The number of hydrogen-bond acceptors (Lipinski definition) is 10. The van der Waals surface area contributed by atoms with Crippen molar-refractivity contribution < 1.29 is 49.3 Å². The number of ether oxygens (including phenoxy) is 3. The average Bonchev–Trinajstić information content (AvgIpc) is 2.79. The molecule has 0 saturated heterocycles. The number of carbonyl (C=O) groups excluding carboxylic acids is 2. The Bertz CT molecular complexity index is 478. The lowest BCUT2D eigenvalue weighted by molar-refractivity contribution is -0.158. The number of carbonyl (C=O) groups is 2. The lowest BCUT2D eigenvalue weighted by Crippen LogP contribution is -2.34. The summed E-state index contributed by atoms with van der Waals surface area (Å²) in [5.74, 6) is -3.63. The topological polar surface area (TPSA) is 163 Å². The summed E-state index contributed by atoms with van der Waals surface area (Å²) in [6.45, 7) is 0.780. The van der Waals surface area contributed by atoms with Crippen molar-refractivity contribution in [2.24, 2.45) is 0 Å². The second-order valence-electron chi connectivity index (χ2n) is 5.49. The van der Waals surface area contributed by atoms with Crippen molar-refractivity contribution in [2.75, 3.05) is 19.8 Å². The Labute approximate surface area is 131 Å². The van der Waals surface area contributed by atoms with E-state index < -0.39 is 60.6 Å². The van der Waals surface area contributed by atoms with Crippen LogP contribution >= 0.6 is 0 Å². The smallest absolute Gasteiger partial charge is 0.378 e. The summed E-state index contributed by atoms with van der Waals surface area (Å²) in [6, 6.07) is 0. The molecule has 0 aromatic heterocycles. The molecule has 0 aliphatic carbocycles. The third kappa shape index (κ3) is 5.15. The van der Waals surface area contributed by atoms with Gasteiger partial charge in [-0.05, 0) is 13.8 Å². The molecule has 1 heterocycles. The van der Waals surface area contributed by atoms with E-state index in [2.05, 4.69) is 4.74 Å². The fourth-order valence-corrected chi connectivity index (χ4v) is 1.54. The number of rotatable bonds is 8. The van der Waals surface area contributed by atoms with Crippen LogP contribution in [0, 0.1) is 0 Å². The first-order chi connectivity index (χ1) is 10.6. The molecule has 0 radical (unpaired) electrons. The summed E-state index contributed by atoms with van der Waals surface area (Å²) in [7, 11) is 0. The highest BCUT2D eigenvalue weighted by molar-refractivity contribution is 5.93. The zero-order valence-electron chi connectivity index (χ0n) is 12.6. The van der Waals surface area contributed by atoms with E-state index in [4.69, 9.17) is 19.7 Å². The minimum atomic E-state index is -1.88. The van der Waals surface area contributed by atoms with Crippen LogP contribution in [0.3, 0.4) is 0 Å². The van der Waals surface area contributed by atoms with E-state index in [1.54, 1.807) is 0 Å². The molecule has 0 bridgehead atoms.